The van der Waals surface area contributed by atoms with E-state index in [2.05, 4.69) is 10.4 Å². The summed E-state index contributed by atoms with van der Waals surface area (Å²) < 4.78 is 42.6. The Hall–Kier alpha value is -1.76. The first-order valence-corrected chi connectivity index (χ1v) is 4.77. The molecule has 0 amide bonds. The van der Waals surface area contributed by atoms with Crippen molar-refractivity contribution in [3.8, 4) is 5.88 Å². The fourth-order valence-electron chi connectivity index (χ4n) is 1.05. The van der Waals surface area contributed by atoms with Gasteiger partial charge < -0.3 is 10.2 Å². The van der Waals surface area contributed by atoms with Crippen LogP contribution in [-0.2, 0) is 6.18 Å². The first-order chi connectivity index (χ1) is 7.97. The van der Waals surface area contributed by atoms with Crippen molar-refractivity contribution in [1.82, 2.24) is 4.98 Å². The minimum absolute atomic E-state index is 0.102. The van der Waals surface area contributed by atoms with Gasteiger partial charge >= 0.3 is 6.18 Å². The number of hydrogen-bond acceptors (Lipinski definition) is 4. The Morgan fingerprint density at radius 2 is 2.18 bits per heavy atom. The molecule has 1 rings (SSSR count). The van der Waals surface area contributed by atoms with Crippen molar-refractivity contribution in [2.75, 3.05) is 12.0 Å². The molecule has 0 saturated heterocycles. The zero-order valence-corrected chi connectivity index (χ0v) is 9.08. The molecule has 17 heavy (non-hydrogen) atoms. The topological polar surface area (TPSA) is 60.2 Å². The number of hydrazine groups is 1. The molecule has 7 heteroatoms. The second kappa shape index (κ2) is 5.53. The van der Waals surface area contributed by atoms with E-state index in [1.807, 2.05) is 0 Å². The summed E-state index contributed by atoms with van der Waals surface area (Å²) in [5.74, 6) is 4.80. The highest BCUT2D eigenvalue weighted by atomic mass is 19.4. The van der Waals surface area contributed by atoms with Crippen molar-refractivity contribution in [3.05, 3.63) is 29.8 Å². The van der Waals surface area contributed by atoms with Crippen molar-refractivity contribution in [1.29, 1.82) is 0 Å². The molecule has 0 fully saturated rings. The number of hydrogen-bond donors (Lipinski definition) is 2. The molecule has 94 valence electrons. The molecule has 0 saturated carbocycles. The average Bonchev–Trinajstić information content (AvgIpc) is 2.28. The van der Waals surface area contributed by atoms with Crippen LogP contribution in [0.4, 0.5) is 19.0 Å². The Morgan fingerprint density at radius 3 is 2.71 bits per heavy atom. The Kier molecular flexibility index (Phi) is 4.33. The third kappa shape index (κ3) is 3.95. The third-order valence-electron chi connectivity index (χ3n) is 1.84. The van der Waals surface area contributed by atoms with Crippen LogP contribution in [0.2, 0.25) is 0 Å². The molecule has 1 aromatic rings. The maximum Gasteiger partial charge on any atom is 0.416 e. The number of nitrogens with two attached hydrogens (primary N) is 1. The van der Waals surface area contributed by atoms with Crippen LogP contribution in [0.25, 0.3) is 0 Å². The van der Waals surface area contributed by atoms with Crippen LogP contribution in [0.3, 0.4) is 0 Å². The smallest absolute Gasteiger partial charge is 0.416 e. The Labute approximate surface area is 96.3 Å². The van der Waals surface area contributed by atoms with Gasteiger partial charge in [0.1, 0.15) is 12.4 Å². The summed E-state index contributed by atoms with van der Waals surface area (Å²) in [5, 5.41) is 0. The van der Waals surface area contributed by atoms with Crippen molar-refractivity contribution in [3.63, 3.8) is 0 Å². The van der Waals surface area contributed by atoms with Crippen LogP contribution >= 0.6 is 0 Å². The van der Waals surface area contributed by atoms with E-state index in [1.165, 1.54) is 0 Å². The monoisotopic (exact) mass is 247 g/mol. The number of rotatable bonds is 4. The van der Waals surface area contributed by atoms with E-state index in [9.17, 15) is 13.2 Å². The van der Waals surface area contributed by atoms with E-state index in [4.69, 9.17) is 10.6 Å². The largest absolute Gasteiger partial charge is 0.473 e. The predicted molar refractivity (Wildman–Crippen MR) is 57.4 cm³/mol. The molecule has 0 bridgehead atoms. The molecule has 0 aliphatic heterocycles. The summed E-state index contributed by atoms with van der Waals surface area (Å²) in [5.41, 5.74) is 1.20. The molecule has 0 aliphatic rings. The normalized spacial score (nSPS) is 11.8. The quantitative estimate of drug-likeness (QED) is 0.487. The van der Waals surface area contributed by atoms with Crippen molar-refractivity contribution < 1.29 is 17.9 Å². The number of alkyl halides is 3. The zero-order valence-electron chi connectivity index (χ0n) is 9.08. The van der Waals surface area contributed by atoms with E-state index in [0.717, 1.165) is 12.1 Å². The molecule has 0 unspecified atom stereocenters. The van der Waals surface area contributed by atoms with E-state index in [0.29, 0.717) is 0 Å². The number of anilines is 1. The van der Waals surface area contributed by atoms with Crippen molar-refractivity contribution in [2.24, 2.45) is 5.84 Å². The van der Waals surface area contributed by atoms with Crippen molar-refractivity contribution in [2.45, 2.75) is 13.1 Å². The fraction of sp³-hybridized carbons (Fsp3) is 0.300. The minimum Gasteiger partial charge on any atom is -0.473 e. The number of halogens is 3. The maximum atomic E-state index is 12.5. The number of nitrogens with one attached hydrogen (secondary N) is 1. The lowest BCUT2D eigenvalue weighted by Gasteiger charge is -2.11. The van der Waals surface area contributed by atoms with E-state index in [1.54, 1.807) is 19.1 Å². The number of aromatic nitrogens is 1. The van der Waals surface area contributed by atoms with Crippen LogP contribution in [-0.4, -0.2) is 11.6 Å². The molecule has 0 spiro atoms. The third-order valence-corrected chi connectivity index (χ3v) is 1.84. The Morgan fingerprint density at radius 1 is 1.47 bits per heavy atom. The first-order valence-electron chi connectivity index (χ1n) is 4.77. The van der Waals surface area contributed by atoms with Crippen molar-refractivity contribution >= 4 is 5.82 Å². The molecule has 0 radical (unpaired) electrons. The van der Waals surface area contributed by atoms with Gasteiger partial charge in [-0.25, -0.2) is 5.84 Å². The summed E-state index contributed by atoms with van der Waals surface area (Å²) in [6.45, 7) is 1.92. The highest BCUT2D eigenvalue weighted by molar-refractivity contribution is 5.41. The highest BCUT2D eigenvalue weighted by Crippen LogP contribution is 2.32. The van der Waals surface area contributed by atoms with Gasteiger partial charge in [-0.1, -0.05) is 12.2 Å². The van der Waals surface area contributed by atoms with E-state index in [-0.39, 0.29) is 18.3 Å². The molecular formula is C10H12F3N3O. The summed E-state index contributed by atoms with van der Waals surface area (Å²) in [6, 6.07) is 1.63. The lowest BCUT2D eigenvalue weighted by molar-refractivity contribution is -0.137. The van der Waals surface area contributed by atoms with Gasteiger partial charge in [0.05, 0.1) is 5.56 Å². The van der Waals surface area contributed by atoms with E-state index >= 15 is 0 Å². The summed E-state index contributed by atoms with van der Waals surface area (Å²) in [4.78, 5) is 3.74. The van der Waals surface area contributed by atoms with Gasteiger partial charge in [-0.05, 0) is 13.0 Å². The lowest BCUT2D eigenvalue weighted by atomic mass is 10.2. The molecule has 3 N–H and O–H groups in total. The van der Waals surface area contributed by atoms with Crippen LogP contribution in [0.5, 0.6) is 5.88 Å². The molecule has 4 nitrogen and oxygen atoms in total. The molecular weight excluding hydrogens is 235 g/mol. The van der Waals surface area contributed by atoms with Gasteiger partial charge in [-0.2, -0.15) is 18.2 Å². The molecule has 1 heterocycles. The number of pyridine rings is 1. The summed E-state index contributed by atoms with van der Waals surface area (Å²) in [6.07, 6.45) is -1.10. The molecule has 0 aliphatic carbocycles. The fourth-order valence-corrected chi connectivity index (χ4v) is 1.05. The van der Waals surface area contributed by atoms with Crippen LogP contribution in [0, 0.1) is 0 Å². The zero-order chi connectivity index (χ0) is 12.9. The van der Waals surface area contributed by atoms with Gasteiger partial charge in [-0.15, -0.1) is 0 Å². The first kappa shape index (κ1) is 13.3. The molecule has 0 atom stereocenters. The Bertz CT molecular complexity index is 404. The maximum absolute atomic E-state index is 12.5. The van der Waals surface area contributed by atoms with Gasteiger partial charge in [-0.3, -0.25) is 0 Å². The number of allylic oxidation sites excluding steroid dienone is 1. The van der Waals surface area contributed by atoms with Gasteiger partial charge in [0, 0.05) is 6.07 Å². The average molecular weight is 247 g/mol. The number of nitrogen functional groups attached to an aromatic ring is 1. The predicted octanol–water partition coefficient (Wildman–Crippen LogP) is 2.34. The van der Waals surface area contributed by atoms with E-state index < -0.39 is 11.7 Å². The van der Waals surface area contributed by atoms with Crippen LogP contribution in [0.15, 0.2) is 24.3 Å². The number of nitrogens with zero attached hydrogens (tertiary/aromatic N) is 1. The standard InChI is InChI=1S/C10H12F3N3O/c1-2-3-4-17-9-6-7(10(11,12)13)5-8(15-9)16-14/h2-3,5-6H,4,14H2,1H3,(H,15,16)/b3-2+. The van der Waals surface area contributed by atoms with Crippen LogP contribution < -0.4 is 16.0 Å². The molecule has 1 aromatic heterocycles. The van der Waals surface area contributed by atoms with Gasteiger partial charge in [0.15, 0.2) is 0 Å². The SMILES string of the molecule is C/C=C/COc1cc(C(F)(F)F)cc(NN)n1. The van der Waals surface area contributed by atoms with Gasteiger partial charge in [0.25, 0.3) is 0 Å². The minimum atomic E-state index is -4.47. The summed E-state index contributed by atoms with van der Waals surface area (Å²) >= 11 is 0. The van der Waals surface area contributed by atoms with Gasteiger partial charge in [0.2, 0.25) is 5.88 Å². The summed E-state index contributed by atoms with van der Waals surface area (Å²) in [7, 11) is 0. The van der Waals surface area contributed by atoms with Crippen LogP contribution in [0.1, 0.15) is 12.5 Å². The second-order valence-corrected chi connectivity index (χ2v) is 3.10. The highest BCUT2D eigenvalue weighted by Gasteiger charge is 2.31. The molecule has 0 aromatic carbocycles. The number of ether oxygens (including phenoxy) is 1. The second-order valence-electron chi connectivity index (χ2n) is 3.10. The Balaban J connectivity index is 2.97. The lowest BCUT2D eigenvalue weighted by Crippen LogP contribution is -2.13.